The Bertz CT molecular complexity index is 1150. The highest BCUT2D eigenvalue weighted by molar-refractivity contribution is 6.31. The lowest BCUT2D eigenvalue weighted by Crippen LogP contribution is -2.08. The summed E-state index contributed by atoms with van der Waals surface area (Å²) in [6, 6.07) is 16.3. The van der Waals surface area contributed by atoms with E-state index in [0.717, 1.165) is 44.2 Å². The first-order chi connectivity index (χ1) is 12.2. The molecule has 1 aliphatic rings. The number of rotatable bonds is 1. The van der Waals surface area contributed by atoms with Crippen molar-refractivity contribution in [2.45, 2.75) is 13.5 Å². The number of nitrogens with zero attached hydrogens (tertiary/aromatic N) is 2. The van der Waals surface area contributed by atoms with Gasteiger partial charge in [-0.25, -0.2) is 0 Å². The molecule has 0 unspecified atom stereocenters. The Hall–Kier alpha value is -2.78. The lowest BCUT2D eigenvalue weighted by molar-refractivity contribution is 0.562. The average Bonchev–Trinajstić information content (AvgIpc) is 3.22. The number of benzene rings is 2. The molecule has 0 N–H and O–H groups in total. The van der Waals surface area contributed by atoms with Crippen molar-refractivity contribution in [2.75, 3.05) is 0 Å². The molecule has 4 heteroatoms. The molecule has 0 saturated carbocycles. The number of furan rings is 1. The van der Waals surface area contributed by atoms with Crippen molar-refractivity contribution < 1.29 is 4.42 Å². The first kappa shape index (κ1) is 14.6. The van der Waals surface area contributed by atoms with Gasteiger partial charge in [0.1, 0.15) is 5.71 Å². The predicted octanol–water partition coefficient (Wildman–Crippen LogP) is 5.54. The van der Waals surface area contributed by atoms with Crippen LogP contribution in [0.2, 0.25) is 5.02 Å². The summed E-state index contributed by atoms with van der Waals surface area (Å²) in [4.78, 5) is 4.89. The molecule has 3 nitrogen and oxygen atoms in total. The molecule has 3 heterocycles. The Morgan fingerprint density at radius 2 is 1.96 bits per heavy atom. The molecule has 0 amide bonds. The van der Waals surface area contributed by atoms with Crippen LogP contribution < -0.4 is 0 Å². The second-order valence-electron chi connectivity index (χ2n) is 6.27. The highest BCUT2D eigenvalue weighted by atomic mass is 35.5. The summed E-state index contributed by atoms with van der Waals surface area (Å²) in [6.07, 6.45) is 3.85. The topological polar surface area (TPSA) is 30.4 Å². The highest BCUT2D eigenvalue weighted by Crippen LogP contribution is 2.32. The summed E-state index contributed by atoms with van der Waals surface area (Å²) in [7, 11) is 0. The molecule has 2 aromatic carbocycles. The van der Waals surface area contributed by atoms with Crippen LogP contribution in [0.5, 0.6) is 0 Å². The third-order valence-electron chi connectivity index (χ3n) is 4.79. The summed E-state index contributed by atoms with van der Waals surface area (Å²) >= 11 is 6.44. The molecule has 25 heavy (non-hydrogen) atoms. The summed E-state index contributed by atoms with van der Waals surface area (Å²) in [5.41, 5.74) is 5.16. The van der Waals surface area contributed by atoms with Gasteiger partial charge in [0.25, 0.3) is 0 Å². The van der Waals surface area contributed by atoms with Crippen LogP contribution in [0.15, 0.2) is 70.4 Å². The number of fused-ring (bicyclic) bond motifs is 4. The fourth-order valence-electron chi connectivity index (χ4n) is 3.60. The zero-order chi connectivity index (χ0) is 17.0. The normalized spacial score (nSPS) is 13.3. The Kier molecular flexibility index (Phi) is 3.12. The number of hydrogen-bond donors (Lipinski definition) is 0. The van der Waals surface area contributed by atoms with E-state index in [1.807, 2.05) is 30.5 Å². The first-order valence-corrected chi connectivity index (χ1v) is 8.59. The van der Waals surface area contributed by atoms with Crippen molar-refractivity contribution in [2.24, 2.45) is 4.99 Å². The lowest BCUT2D eigenvalue weighted by Gasteiger charge is -2.11. The van der Waals surface area contributed by atoms with Gasteiger partial charge < -0.3 is 8.98 Å². The van der Waals surface area contributed by atoms with Crippen molar-refractivity contribution >= 4 is 28.1 Å². The van der Waals surface area contributed by atoms with Crippen LogP contribution in [0.1, 0.15) is 22.6 Å². The molecule has 0 bridgehead atoms. The van der Waals surface area contributed by atoms with Crippen molar-refractivity contribution in [1.29, 1.82) is 0 Å². The number of aliphatic imine (C=N–C) groups is 1. The van der Waals surface area contributed by atoms with Gasteiger partial charge in [0.2, 0.25) is 0 Å². The molecule has 0 fully saturated rings. The van der Waals surface area contributed by atoms with E-state index < -0.39 is 0 Å². The number of halogens is 1. The Balaban J connectivity index is 1.80. The summed E-state index contributed by atoms with van der Waals surface area (Å²) in [5, 5.41) is 2.95. The van der Waals surface area contributed by atoms with Gasteiger partial charge in [-0.15, -0.1) is 0 Å². The predicted molar refractivity (Wildman–Crippen MR) is 101 cm³/mol. The number of aryl methyl sites for hydroxylation is 1. The van der Waals surface area contributed by atoms with E-state index in [4.69, 9.17) is 21.0 Å². The average molecular weight is 347 g/mol. The van der Waals surface area contributed by atoms with Gasteiger partial charge in [-0.2, -0.15) is 0 Å². The van der Waals surface area contributed by atoms with Gasteiger partial charge in [0.05, 0.1) is 24.2 Å². The molecule has 122 valence electrons. The van der Waals surface area contributed by atoms with Crippen molar-refractivity contribution in [3.63, 3.8) is 0 Å². The molecule has 1 aliphatic heterocycles. The van der Waals surface area contributed by atoms with Crippen LogP contribution in [0.25, 0.3) is 16.5 Å². The second-order valence-corrected chi connectivity index (χ2v) is 6.68. The molecular formula is C21H15ClN2O. The van der Waals surface area contributed by atoms with Gasteiger partial charge in [-0.3, -0.25) is 4.99 Å². The van der Waals surface area contributed by atoms with Crippen LogP contribution in [0, 0.1) is 6.92 Å². The van der Waals surface area contributed by atoms with E-state index in [-0.39, 0.29) is 0 Å². The van der Waals surface area contributed by atoms with E-state index in [2.05, 4.69) is 35.8 Å². The molecule has 5 rings (SSSR count). The largest absolute Gasteiger partial charge is 0.461 e. The van der Waals surface area contributed by atoms with E-state index in [0.29, 0.717) is 6.54 Å². The van der Waals surface area contributed by atoms with Crippen LogP contribution in [-0.4, -0.2) is 10.3 Å². The zero-order valence-electron chi connectivity index (χ0n) is 13.7. The zero-order valence-corrected chi connectivity index (χ0v) is 14.4. The van der Waals surface area contributed by atoms with Crippen molar-refractivity contribution in [3.05, 3.63) is 88.6 Å². The summed E-state index contributed by atoms with van der Waals surface area (Å²) in [6.45, 7) is 2.63. The maximum atomic E-state index is 6.44. The molecule has 0 radical (unpaired) electrons. The maximum absolute atomic E-state index is 6.44. The fraction of sp³-hybridized carbons (Fsp3) is 0.0952. The number of aromatic nitrogens is 1. The minimum absolute atomic E-state index is 0.528. The quantitative estimate of drug-likeness (QED) is 0.445. The van der Waals surface area contributed by atoms with Gasteiger partial charge >= 0.3 is 0 Å². The highest BCUT2D eigenvalue weighted by Gasteiger charge is 2.23. The van der Waals surface area contributed by atoms with Crippen LogP contribution in [-0.2, 0) is 6.54 Å². The van der Waals surface area contributed by atoms with E-state index in [1.165, 1.54) is 5.56 Å². The second kappa shape index (κ2) is 5.36. The summed E-state index contributed by atoms with van der Waals surface area (Å²) in [5.74, 6) is 0.817. The van der Waals surface area contributed by atoms with Gasteiger partial charge in [0.15, 0.2) is 5.76 Å². The van der Waals surface area contributed by atoms with E-state index in [9.17, 15) is 0 Å². The molecule has 0 saturated heterocycles. The number of hydrogen-bond acceptors (Lipinski definition) is 2. The van der Waals surface area contributed by atoms with Gasteiger partial charge in [-0.1, -0.05) is 35.9 Å². The standard InChI is InChI=1S/C21H15ClN2O/c1-13-5-2-6-14-12-25-21(19(13)14)20-18-9-4-10-24(18)17-8-3-7-16(22)15(17)11-23-20/h2-10,12H,11H2,1H3. The first-order valence-electron chi connectivity index (χ1n) is 8.21. The Labute approximate surface area is 150 Å². The lowest BCUT2D eigenvalue weighted by atomic mass is 10.0. The third kappa shape index (κ3) is 2.09. The smallest absolute Gasteiger partial charge is 0.162 e. The minimum Gasteiger partial charge on any atom is -0.461 e. The van der Waals surface area contributed by atoms with Gasteiger partial charge in [-0.05, 0) is 36.8 Å². The monoisotopic (exact) mass is 346 g/mol. The molecular weight excluding hydrogens is 332 g/mol. The minimum atomic E-state index is 0.528. The van der Waals surface area contributed by atoms with Crippen LogP contribution >= 0.6 is 11.6 Å². The molecule has 0 aliphatic carbocycles. The molecule has 0 spiro atoms. The molecule has 4 aromatic rings. The van der Waals surface area contributed by atoms with E-state index in [1.54, 1.807) is 6.26 Å². The van der Waals surface area contributed by atoms with Crippen LogP contribution in [0.3, 0.4) is 0 Å². The fourth-order valence-corrected chi connectivity index (χ4v) is 3.82. The molecule has 0 atom stereocenters. The van der Waals surface area contributed by atoms with Crippen LogP contribution in [0.4, 0.5) is 0 Å². The third-order valence-corrected chi connectivity index (χ3v) is 5.15. The maximum Gasteiger partial charge on any atom is 0.162 e. The van der Waals surface area contributed by atoms with E-state index >= 15 is 0 Å². The SMILES string of the molecule is Cc1cccc2coc(C3=NCc4c(Cl)cccc4-n4cccc43)c12. The van der Waals surface area contributed by atoms with Crippen molar-refractivity contribution in [3.8, 4) is 5.69 Å². The summed E-state index contributed by atoms with van der Waals surface area (Å²) < 4.78 is 8.11. The Morgan fingerprint density at radius 3 is 2.88 bits per heavy atom. The van der Waals surface area contributed by atoms with Gasteiger partial charge in [0, 0.05) is 27.6 Å². The Morgan fingerprint density at radius 1 is 1.08 bits per heavy atom. The van der Waals surface area contributed by atoms with Crippen molar-refractivity contribution in [1.82, 2.24) is 4.57 Å². The molecule has 2 aromatic heterocycles.